The van der Waals surface area contributed by atoms with Crippen molar-refractivity contribution < 1.29 is 0 Å². The third-order valence-electron chi connectivity index (χ3n) is 3.52. The molecule has 2 aromatic carbocycles. The van der Waals surface area contributed by atoms with Crippen molar-refractivity contribution in [1.82, 2.24) is 4.98 Å². The smallest absolute Gasteiger partial charge is 0.148 e. The maximum Gasteiger partial charge on any atom is 0.148 e. The van der Waals surface area contributed by atoms with Crippen LogP contribution in [0.2, 0.25) is 5.02 Å². The summed E-state index contributed by atoms with van der Waals surface area (Å²) in [6.45, 7) is 1.51. The van der Waals surface area contributed by atoms with Crippen molar-refractivity contribution in [3.8, 4) is 0 Å². The molecule has 0 atom stereocenters. The fourth-order valence-electron chi connectivity index (χ4n) is 2.45. The van der Waals surface area contributed by atoms with Crippen LogP contribution in [0.5, 0.6) is 0 Å². The van der Waals surface area contributed by atoms with Crippen LogP contribution in [0.4, 0.5) is 5.82 Å². The van der Waals surface area contributed by atoms with Crippen LogP contribution in [0.15, 0.2) is 77.4 Å². The van der Waals surface area contributed by atoms with Gasteiger partial charge in [0.25, 0.3) is 0 Å². The van der Waals surface area contributed by atoms with E-state index in [4.69, 9.17) is 11.6 Å². The number of anilines is 1. The summed E-state index contributed by atoms with van der Waals surface area (Å²) in [4.78, 5) is 6.71. The third-order valence-corrected chi connectivity index (χ3v) is 4.23. The molecule has 1 heterocycles. The Hall–Kier alpha value is -1.84. The van der Waals surface area contributed by atoms with E-state index in [1.807, 2.05) is 42.5 Å². The van der Waals surface area contributed by atoms with Gasteiger partial charge in [0.15, 0.2) is 0 Å². The zero-order valence-corrected chi connectivity index (χ0v) is 14.8. The van der Waals surface area contributed by atoms with E-state index in [2.05, 4.69) is 50.1 Å². The van der Waals surface area contributed by atoms with Crippen molar-refractivity contribution in [3.05, 3.63) is 93.5 Å². The van der Waals surface area contributed by atoms with Crippen molar-refractivity contribution in [1.29, 1.82) is 0 Å². The van der Waals surface area contributed by atoms with Gasteiger partial charge in [0.05, 0.1) is 5.02 Å². The number of halogens is 2. The van der Waals surface area contributed by atoms with Crippen LogP contribution >= 0.6 is 27.5 Å². The van der Waals surface area contributed by atoms with E-state index in [1.165, 1.54) is 11.1 Å². The first-order valence-corrected chi connectivity index (χ1v) is 8.53. The molecule has 116 valence electrons. The monoisotopic (exact) mass is 386 g/mol. The number of rotatable bonds is 5. The number of pyridine rings is 1. The molecule has 3 aromatic rings. The Balaban J connectivity index is 1.92. The van der Waals surface area contributed by atoms with Gasteiger partial charge in [0.2, 0.25) is 0 Å². The Bertz CT molecular complexity index is 721. The molecule has 0 radical (unpaired) electrons. The molecular weight excluding hydrogens is 372 g/mol. The van der Waals surface area contributed by atoms with Crippen LogP contribution in [0.1, 0.15) is 11.1 Å². The number of aromatic nitrogens is 1. The quantitative estimate of drug-likeness (QED) is 0.558. The molecule has 0 spiro atoms. The van der Waals surface area contributed by atoms with Gasteiger partial charge >= 0.3 is 0 Å². The molecule has 0 aliphatic carbocycles. The minimum absolute atomic E-state index is 0.645. The lowest BCUT2D eigenvalue weighted by atomic mass is 10.1. The lowest BCUT2D eigenvalue weighted by Gasteiger charge is -2.25. The molecule has 1 aromatic heterocycles. The first-order valence-electron chi connectivity index (χ1n) is 7.36. The summed E-state index contributed by atoms with van der Waals surface area (Å²) in [6.07, 6.45) is 1.78. The highest BCUT2D eigenvalue weighted by molar-refractivity contribution is 9.10. The predicted molar refractivity (Wildman–Crippen MR) is 99.7 cm³/mol. The summed E-state index contributed by atoms with van der Waals surface area (Å²) in [6, 6.07) is 22.6. The molecule has 0 aliphatic rings. The van der Waals surface area contributed by atoms with Crippen LogP contribution < -0.4 is 4.90 Å². The lowest BCUT2D eigenvalue weighted by Crippen LogP contribution is -2.23. The number of benzene rings is 2. The average molecular weight is 388 g/mol. The highest BCUT2D eigenvalue weighted by atomic mass is 79.9. The predicted octanol–water partition coefficient (Wildman–Crippen LogP) is 5.70. The molecular formula is C19H16BrClN2. The summed E-state index contributed by atoms with van der Waals surface area (Å²) in [5, 5.41) is 0.645. The zero-order valence-electron chi connectivity index (χ0n) is 12.5. The van der Waals surface area contributed by atoms with Gasteiger partial charge in [-0.2, -0.15) is 0 Å². The molecule has 0 bridgehead atoms. The molecule has 23 heavy (non-hydrogen) atoms. The fraction of sp³-hybridized carbons (Fsp3) is 0.105. The second-order valence-electron chi connectivity index (χ2n) is 5.29. The molecule has 0 unspecified atom stereocenters. The van der Waals surface area contributed by atoms with Crippen LogP contribution in [0, 0.1) is 0 Å². The third kappa shape index (κ3) is 4.34. The molecule has 0 amide bonds. The molecule has 3 rings (SSSR count). The maximum atomic E-state index is 6.42. The van der Waals surface area contributed by atoms with Crippen LogP contribution in [0.25, 0.3) is 0 Å². The van der Waals surface area contributed by atoms with E-state index in [1.54, 1.807) is 6.20 Å². The van der Waals surface area contributed by atoms with Gasteiger partial charge in [-0.05, 0) is 33.1 Å². The average Bonchev–Trinajstić information content (AvgIpc) is 2.56. The fourth-order valence-corrected chi connectivity index (χ4v) is 3.20. The van der Waals surface area contributed by atoms with Gasteiger partial charge in [0, 0.05) is 23.8 Å². The van der Waals surface area contributed by atoms with Gasteiger partial charge < -0.3 is 4.90 Å². The van der Waals surface area contributed by atoms with Crippen molar-refractivity contribution >= 4 is 33.3 Å². The van der Waals surface area contributed by atoms with E-state index in [0.29, 0.717) is 5.02 Å². The second kappa shape index (κ2) is 7.62. The summed E-state index contributed by atoms with van der Waals surface area (Å²) in [5.41, 5.74) is 2.45. The van der Waals surface area contributed by atoms with E-state index < -0.39 is 0 Å². The molecule has 2 nitrogen and oxygen atoms in total. The van der Waals surface area contributed by atoms with Gasteiger partial charge in [0.1, 0.15) is 5.82 Å². The Morgan fingerprint density at radius 2 is 1.39 bits per heavy atom. The number of hydrogen-bond acceptors (Lipinski definition) is 2. The largest absolute Gasteiger partial charge is 0.347 e. The molecule has 0 saturated heterocycles. The normalized spacial score (nSPS) is 10.5. The first kappa shape index (κ1) is 16.0. The van der Waals surface area contributed by atoms with Crippen LogP contribution in [-0.2, 0) is 13.1 Å². The van der Waals surface area contributed by atoms with Gasteiger partial charge in [-0.1, -0.05) is 72.3 Å². The van der Waals surface area contributed by atoms with E-state index in [9.17, 15) is 0 Å². The summed E-state index contributed by atoms with van der Waals surface area (Å²) in [5.74, 6) is 0.794. The molecule has 0 aliphatic heterocycles. The molecule has 4 heteroatoms. The van der Waals surface area contributed by atoms with Crippen molar-refractivity contribution in [3.63, 3.8) is 0 Å². The van der Waals surface area contributed by atoms with Crippen molar-refractivity contribution in [2.75, 3.05) is 4.90 Å². The molecule has 0 N–H and O–H groups in total. The Kier molecular flexibility index (Phi) is 5.31. The maximum absolute atomic E-state index is 6.42. The topological polar surface area (TPSA) is 16.1 Å². The summed E-state index contributed by atoms with van der Waals surface area (Å²) in [7, 11) is 0. The van der Waals surface area contributed by atoms with Crippen LogP contribution in [-0.4, -0.2) is 4.98 Å². The Morgan fingerprint density at radius 1 is 0.870 bits per heavy atom. The van der Waals surface area contributed by atoms with E-state index in [0.717, 1.165) is 23.4 Å². The first-order chi connectivity index (χ1) is 11.2. The molecule has 0 fully saturated rings. The standard InChI is InChI=1S/C19H16BrClN2/c20-17-11-18(21)19(22-12-17)23(13-15-7-3-1-4-8-15)14-16-9-5-2-6-10-16/h1-12H,13-14H2. The Labute approximate surface area is 149 Å². The number of hydrogen-bond donors (Lipinski definition) is 0. The summed E-state index contributed by atoms with van der Waals surface area (Å²) >= 11 is 9.84. The summed E-state index contributed by atoms with van der Waals surface area (Å²) < 4.78 is 0.880. The Morgan fingerprint density at radius 3 is 1.87 bits per heavy atom. The van der Waals surface area contributed by atoms with Gasteiger partial charge in [-0.3, -0.25) is 0 Å². The minimum atomic E-state index is 0.645. The second-order valence-corrected chi connectivity index (χ2v) is 6.61. The van der Waals surface area contributed by atoms with Gasteiger partial charge in [-0.15, -0.1) is 0 Å². The van der Waals surface area contributed by atoms with E-state index in [-0.39, 0.29) is 0 Å². The number of nitrogens with zero attached hydrogens (tertiary/aromatic N) is 2. The zero-order chi connectivity index (χ0) is 16.1. The lowest BCUT2D eigenvalue weighted by molar-refractivity contribution is 0.783. The molecule has 0 saturated carbocycles. The van der Waals surface area contributed by atoms with Crippen molar-refractivity contribution in [2.24, 2.45) is 0 Å². The SMILES string of the molecule is Clc1cc(Br)cnc1N(Cc1ccccc1)Cc1ccccc1. The van der Waals surface area contributed by atoms with Crippen molar-refractivity contribution in [2.45, 2.75) is 13.1 Å². The highest BCUT2D eigenvalue weighted by Crippen LogP contribution is 2.28. The van der Waals surface area contributed by atoms with Crippen LogP contribution in [0.3, 0.4) is 0 Å². The minimum Gasteiger partial charge on any atom is -0.347 e. The van der Waals surface area contributed by atoms with Gasteiger partial charge in [-0.25, -0.2) is 4.98 Å². The van der Waals surface area contributed by atoms with E-state index >= 15 is 0 Å². The highest BCUT2D eigenvalue weighted by Gasteiger charge is 2.14.